The van der Waals surface area contributed by atoms with Crippen molar-refractivity contribution in [3.63, 3.8) is 0 Å². The zero-order valence-electron chi connectivity index (χ0n) is 14.8. The summed E-state index contributed by atoms with van der Waals surface area (Å²) in [5.41, 5.74) is 1.55. The van der Waals surface area contributed by atoms with Crippen LogP contribution >= 0.6 is 23.1 Å². The minimum absolute atomic E-state index is 0.00509. The van der Waals surface area contributed by atoms with E-state index in [2.05, 4.69) is 15.0 Å². The van der Waals surface area contributed by atoms with Gasteiger partial charge in [0, 0.05) is 5.56 Å². The predicted octanol–water partition coefficient (Wildman–Crippen LogP) is 4.22. The number of methoxy groups -OCH3 is 1. The molecule has 2 aromatic heterocycles. The monoisotopic (exact) mass is 406 g/mol. The lowest BCUT2D eigenvalue weighted by atomic mass is 10.1. The molecule has 2 aromatic carbocycles. The summed E-state index contributed by atoms with van der Waals surface area (Å²) in [6.45, 7) is 0. The number of para-hydroxylation sites is 1. The molecule has 138 valence electrons. The Morgan fingerprint density at radius 2 is 1.96 bits per heavy atom. The standard InChI is InChI=1S/C20H14N4O2S2/c1-26-13-8-6-12(7-9-13)18-14(10-21)19(25)24-20(23-18)27-11-17-22-15-4-2-3-5-16(15)28-17/h2-9H,11H2,1H3,(H,23,24,25). The maximum atomic E-state index is 12.4. The summed E-state index contributed by atoms with van der Waals surface area (Å²) in [7, 11) is 1.58. The lowest BCUT2D eigenvalue weighted by Gasteiger charge is -2.07. The third-order valence-corrected chi connectivity index (χ3v) is 6.15. The molecule has 0 amide bonds. The fraction of sp³-hybridized carbons (Fsp3) is 0.100. The van der Waals surface area contributed by atoms with Gasteiger partial charge in [-0.15, -0.1) is 11.3 Å². The second-order valence-corrected chi connectivity index (χ2v) is 7.88. The number of aromatic amines is 1. The second-order valence-electron chi connectivity index (χ2n) is 5.80. The zero-order valence-corrected chi connectivity index (χ0v) is 16.4. The van der Waals surface area contributed by atoms with Crippen molar-refractivity contribution in [1.29, 1.82) is 5.26 Å². The van der Waals surface area contributed by atoms with Crippen molar-refractivity contribution in [3.05, 3.63) is 69.5 Å². The van der Waals surface area contributed by atoms with Crippen molar-refractivity contribution in [2.75, 3.05) is 7.11 Å². The molecule has 0 unspecified atom stereocenters. The van der Waals surface area contributed by atoms with Crippen molar-refractivity contribution in [3.8, 4) is 23.1 Å². The Labute approximate surface area is 168 Å². The number of fused-ring (bicyclic) bond motifs is 1. The van der Waals surface area contributed by atoms with Crippen LogP contribution in [0.1, 0.15) is 10.6 Å². The molecule has 6 nitrogen and oxygen atoms in total. The highest BCUT2D eigenvalue weighted by molar-refractivity contribution is 7.98. The van der Waals surface area contributed by atoms with Crippen LogP contribution in [-0.4, -0.2) is 22.1 Å². The largest absolute Gasteiger partial charge is 0.497 e. The first-order valence-electron chi connectivity index (χ1n) is 8.34. The summed E-state index contributed by atoms with van der Waals surface area (Å²) in [6.07, 6.45) is 0. The molecular weight excluding hydrogens is 392 g/mol. The predicted molar refractivity (Wildman–Crippen MR) is 111 cm³/mol. The molecular formula is C20H14N4O2S2. The van der Waals surface area contributed by atoms with E-state index in [-0.39, 0.29) is 5.56 Å². The highest BCUT2D eigenvalue weighted by Gasteiger charge is 2.14. The van der Waals surface area contributed by atoms with E-state index >= 15 is 0 Å². The van der Waals surface area contributed by atoms with Gasteiger partial charge in [0.1, 0.15) is 22.4 Å². The third-order valence-electron chi connectivity index (χ3n) is 4.04. The molecule has 0 fully saturated rings. The number of rotatable bonds is 5. The molecule has 0 spiro atoms. The van der Waals surface area contributed by atoms with Gasteiger partial charge in [-0.1, -0.05) is 23.9 Å². The fourth-order valence-corrected chi connectivity index (χ4v) is 4.51. The maximum Gasteiger partial charge on any atom is 0.270 e. The van der Waals surface area contributed by atoms with Gasteiger partial charge in [-0.25, -0.2) is 9.97 Å². The van der Waals surface area contributed by atoms with Crippen molar-refractivity contribution in [2.24, 2.45) is 0 Å². The van der Waals surface area contributed by atoms with E-state index < -0.39 is 5.56 Å². The van der Waals surface area contributed by atoms with Crippen molar-refractivity contribution < 1.29 is 4.74 Å². The van der Waals surface area contributed by atoms with E-state index in [1.165, 1.54) is 11.8 Å². The van der Waals surface area contributed by atoms with Crippen LogP contribution in [-0.2, 0) is 5.75 Å². The molecule has 0 atom stereocenters. The first kappa shape index (κ1) is 18.2. The average Bonchev–Trinajstić information content (AvgIpc) is 3.15. The first-order valence-corrected chi connectivity index (χ1v) is 10.1. The number of aromatic nitrogens is 3. The van der Waals surface area contributed by atoms with Crippen LogP contribution in [0.3, 0.4) is 0 Å². The fourth-order valence-electron chi connectivity index (χ4n) is 2.69. The number of nitrogens with one attached hydrogen (secondary N) is 1. The number of benzene rings is 2. The molecule has 4 rings (SSSR count). The van der Waals surface area contributed by atoms with Crippen LogP contribution in [0.4, 0.5) is 0 Å². The minimum atomic E-state index is -0.449. The molecule has 2 heterocycles. The number of thiazole rings is 1. The molecule has 0 aliphatic rings. The topological polar surface area (TPSA) is 91.7 Å². The second kappa shape index (κ2) is 7.84. The summed E-state index contributed by atoms with van der Waals surface area (Å²) < 4.78 is 6.28. The van der Waals surface area contributed by atoms with Gasteiger partial charge in [0.25, 0.3) is 5.56 Å². The molecule has 28 heavy (non-hydrogen) atoms. The number of nitriles is 1. The molecule has 0 bridgehead atoms. The number of hydrogen-bond donors (Lipinski definition) is 1. The van der Waals surface area contributed by atoms with Crippen molar-refractivity contribution >= 4 is 33.3 Å². The normalized spacial score (nSPS) is 10.7. The van der Waals surface area contributed by atoms with Crippen molar-refractivity contribution in [2.45, 2.75) is 10.9 Å². The first-order chi connectivity index (χ1) is 13.7. The molecule has 0 saturated carbocycles. The van der Waals surface area contributed by atoms with Crippen molar-refractivity contribution in [1.82, 2.24) is 15.0 Å². The molecule has 0 aliphatic heterocycles. The number of thioether (sulfide) groups is 1. The van der Waals surface area contributed by atoms with E-state index in [1.807, 2.05) is 30.3 Å². The smallest absolute Gasteiger partial charge is 0.270 e. The van der Waals surface area contributed by atoms with Crippen LogP contribution < -0.4 is 10.3 Å². The van der Waals surface area contributed by atoms with Gasteiger partial charge < -0.3 is 9.72 Å². The number of H-pyrrole nitrogens is 1. The molecule has 4 aromatic rings. The van der Waals surface area contributed by atoms with Crippen LogP contribution in [0, 0.1) is 11.3 Å². The highest BCUT2D eigenvalue weighted by atomic mass is 32.2. The Balaban J connectivity index is 1.64. The Hall–Kier alpha value is -3.15. The lowest BCUT2D eigenvalue weighted by molar-refractivity contribution is 0.415. The third kappa shape index (κ3) is 3.63. The molecule has 0 radical (unpaired) electrons. The number of nitrogens with zero attached hydrogens (tertiary/aromatic N) is 3. The maximum absolute atomic E-state index is 12.4. The summed E-state index contributed by atoms with van der Waals surface area (Å²) in [5, 5.41) is 10.8. The highest BCUT2D eigenvalue weighted by Crippen LogP contribution is 2.28. The SMILES string of the molecule is COc1ccc(-c2nc(SCc3nc4ccccc4s3)[nH]c(=O)c2C#N)cc1. The minimum Gasteiger partial charge on any atom is -0.497 e. The van der Waals surface area contributed by atoms with Crippen LogP contribution in [0.2, 0.25) is 0 Å². The summed E-state index contributed by atoms with van der Waals surface area (Å²) in [5.74, 6) is 1.27. The van der Waals surface area contributed by atoms with E-state index in [4.69, 9.17) is 4.74 Å². The Kier molecular flexibility index (Phi) is 5.10. The molecule has 0 aliphatic carbocycles. The van der Waals surface area contributed by atoms with Crippen LogP contribution in [0.5, 0.6) is 5.75 Å². The molecule has 8 heteroatoms. The van der Waals surface area contributed by atoms with E-state index in [0.717, 1.165) is 15.2 Å². The van der Waals surface area contributed by atoms with Gasteiger partial charge in [-0.3, -0.25) is 4.79 Å². The lowest BCUT2D eigenvalue weighted by Crippen LogP contribution is -2.14. The van der Waals surface area contributed by atoms with E-state index in [0.29, 0.717) is 27.9 Å². The molecule has 0 saturated heterocycles. The zero-order chi connectivity index (χ0) is 19.5. The quantitative estimate of drug-likeness (QED) is 0.394. The summed E-state index contributed by atoms with van der Waals surface area (Å²) >= 11 is 3.00. The number of hydrogen-bond acceptors (Lipinski definition) is 7. The Bertz CT molecular complexity index is 1210. The summed E-state index contributed by atoms with van der Waals surface area (Å²) in [6, 6.07) is 17.0. The summed E-state index contributed by atoms with van der Waals surface area (Å²) in [4.78, 5) is 24.2. The van der Waals surface area contributed by atoms with Gasteiger partial charge in [-0.2, -0.15) is 5.26 Å². The van der Waals surface area contributed by atoms with Gasteiger partial charge >= 0.3 is 0 Å². The average molecular weight is 406 g/mol. The van der Waals surface area contributed by atoms with Gasteiger partial charge in [-0.05, 0) is 36.4 Å². The Morgan fingerprint density at radius 3 is 2.68 bits per heavy atom. The number of ether oxygens (including phenoxy) is 1. The van der Waals surface area contributed by atoms with Gasteiger partial charge in [0.05, 0.1) is 28.8 Å². The van der Waals surface area contributed by atoms with Crippen LogP contribution in [0.25, 0.3) is 21.5 Å². The van der Waals surface area contributed by atoms with Crippen LogP contribution in [0.15, 0.2) is 58.5 Å². The Morgan fingerprint density at radius 1 is 1.18 bits per heavy atom. The van der Waals surface area contributed by atoms with Gasteiger partial charge in [0.15, 0.2) is 5.16 Å². The van der Waals surface area contributed by atoms with E-state index in [1.54, 1.807) is 42.7 Å². The van der Waals surface area contributed by atoms with E-state index in [9.17, 15) is 10.1 Å². The molecule has 1 N–H and O–H groups in total. The van der Waals surface area contributed by atoms with Gasteiger partial charge in [0.2, 0.25) is 0 Å².